The summed E-state index contributed by atoms with van der Waals surface area (Å²) in [6.07, 6.45) is 0.683. The van der Waals surface area contributed by atoms with Gasteiger partial charge >= 0.3 is 5.97 Å². The number of carbonyl (C=O) groups is 2. The second-order valence-electron chi connectivity index (χ2n) is 6.91. The molecule has 0 aliphatic carbocycles. The van der Waals surface area contributed by atoms with Crippen molar-refractivity contribution in [3.8, 4) is 5.75 Å². The number of nitrogens with zero attached hydrogens (tertiary/aromatic N) is 3. The van der Waals surface area contributed by atoms with E-state index in [9.17, 15) is 9.59 Å². The first kappa shape index (κ1) is 25.3. The van der Waals surface area contributed by atoms with Crippen molar-refractivity contribution in [2.45, 2.75) is 45.5 Å². The van der Waals surface area contributed by atoms with E-state index < -0.39 is 5.97 Å². The van der Waals surface area contributed by atoms with Crippen LogP contribution in [0.2, 0.25) is 0 Å². The Morgan fingerprint density at radius 2 is 1.94 bits per heavy atom. The van der Waals surface area contributed by atoms with Gasteiger partial charge in [0, 0.05) is 15.9 Å². The minimum atomic E-state index is -0.444. The Balaban J connectivity index is 1.64. The molecule has 2 heterocycles. The number of nitrogens with one attached hydrogen (secondary N) is 1. The highest BCUT2D eigenvalue weighted by atomic mass is 79.9. The summed E-state index contributed by atoms with van der Waals surface area (Å²) in [4.78, 5) is 25.9. The van der Waals surface area contributed by atoms with Gasteiger partial charge < -0.3 is 19.4 Å². The van der Waals surface area contributed by atoms with E-state index in [2.05, 4.69) is 31.4 Å². The van der Waals surface area contributed by atoms with Crippen LogP contribution in [0.15, 0.2) is 33.9 Å². The van der Waals surface area contributed by atoms with Crippen molar-refractivity contribution in [2.24, 2.45) is 0 Å². The highest BCUT2D eigenvalue weighted by molar-refractivity contribution is 9.10. The fourth-order valence-electron chi connectivity index (χ4n) is 3.23. The molecule has 0 fully saturated rings. The summed E-state index contributed by atoms with van der Waals surface area (Å²) >= 11 is 6.07. The second-order valence-corrected chi connectivity index (χ2v) is 9.99. The quantitative estimate of drug-likeness (QED) is 0.276. The van der Waals surface area contributed by atoms with Gasteiger partial charge in [-0.2, -0.15) is 0 Å². The topological polar surface area (TPSA) is 95.3 Å². The maximum absolute atomic E-state index is 12.6. The Hall–Kier alpha value is -2.37. The highest BCUT2D eigenvalue weighted by Crippen LogP contribution is 2.34. The largest absolute Gasteiger partial charge is 0.486 e. The van der Waals surface area contributed by atoms with Crippen LogP contribution in [0.1, 0.15) is 40.5 Å². The van der Waals surface area contributed by atoms with Crippen molar-refractivity contribution in [1.29, 1.82) is 0 Å². The summed E-state index contributed by atoms with van der Waals surface area (Å²) in [7, 11) is 1.34. The number of rotatable bonds is 10. The van der Waals surface area contributed by atoms with Gasteiger partial charge in [-0.3, -0.25) is 4.79 Å². The van der Waals surface area contributed by atoms with Crippen LogP contribution in [0.4, 0.5) is 5.00 Å². The van der Waals surface area contributed by atoms with Crippen molar-refractivity contribution in [3.63, 3.8) is 0 Å². The average molecular weight is 554 g/mol. The van der Waals surface area contributed by atoms with E-state index in [4.69, 9.17) is 9.47 Å². The maximum atomic E-state index is 12.6. The molecule has 0 aliphatic heterocycles. The molecule has 0 saturated heterocycles. The molecule has 1 aromatic carbocycles. The van der Waals surface area contributed by atoms with Gasteiger partial charge in [0.2, 0.25) is 5.91 Å². The normalized spacial score (nSPS) is 10.8. The number of aromatic nitrogens is 3. The molecule has 0 bridgehead atoms. The van der Waals surface area contributed by atoms with Gasteiger partial charge in [-0.25, -0.2) is 4.79 Å². The van der Waals surface area contributed by atoms with Crippen molar-refractivity contribution in [3.05, 3.63) is 50.6 Å². The predicted octanol–water partition coefficient (Wildman–Crippen LogP) is 5.09. The van der Waals surface area contributed by atoms with Gasteiger partial charge in [0.25, 0.3) is 0 Å². The number of thiophene rings is 1. The van der Waals surface area contributed by atoms with E-state index in [0.29, 0.717) is 34.5 Å². The van der Waals surface area contributed by atoms with Crippen LogP contribution in [-0.2, 0) is 29.1 Å². The lowest BCUT2D eigenvalue weighted by Gasteiger charge is -2.09. The zero-order valence-electron chi connectivity index (χ0n) is 18.8. The molecule has 0 saturated carbocycles. The zero-order chi connectivity index (χ0) is 24.0. The smallest absolute Gasteiger partial charge is 0.341 e. The number of methoxy groups -OCH3 is 1. The number of esters is 1. The molecule has 0 atom stereocenters. The van der Waals surface area contributed by atoms with Crippen LogP contribution in [-0.4, -0.2) is 39.5 Å². The summed E-state index contributed by atoms with van der Waals surface area (Å²) in [5, 5.41) is 12.4. The number of amides is 1. The van der Waals surface area contributed by atoms with Crippen LogP contribution >= 0.6 is 39.0 Å². The third-order valence-corrected chi connectivity index (χ3v) is 7.39. The number of halogens is 1. The number of thioether (sulfide) groups is 1. The minimum absolute atomic E-state index is 0.130. The van der Waals surface area contributed by atoms with Crippen LogP contribution in [0.5, 0.6) is 5.75 Å². The molecule has 176 valence electrons. The number of benzene rings is 1. The number of hydrogen-bond donors (Lipinski definition) is 1. The second kappa shape index (κ2) is 11.7. The first-order valence-corrected chi connectivity index (χ1v) is 12.9. The third-order valence-electron chi connectivity index (χ3n) is 4.83. The van der Waals surface area contributed by atoms with Crippen LogP contribution in [0.3, 0.4) is 0 Å². The molecule has 3 aromatic rings. The first-order valence-electron chi connectivity index (χ1n) is 10.3. The Morgan fingerprint density at radius 1 is 1.21 bits per heavy atom. The monoisotopic (exact) mass is 552 g/mol. The molecular formula is C22H25BrN4O4S2. The zero-order valence-corrected chi connectivity index (χ0v) is 22.0. The van der Waals surface area contributed by atoms with E-state index in [-0.39, 0.29) is 18.3 Å². The lowest BCUT2D eigenvalue weighted by atomic mass is 10.1. The van der Waals surface area contributed by atoms with E-state index in [1.165, 1.54) is 30.2 Å². The van der Waals surface area contributed by atoms with Gasteiger partial charge in [0.15, 0.2) is 11.0 Å². The van der Waals surface area contributed by atoms with E-state index >= 15 is 0 Å². The average Bonchev–Trinajstić information content (AvgIpc) is 3.35. The molecule has 0 spiro atoms. The number of hydrogen-bond acceptors (Lipinski definition) is 8. The van der Waals surface area contributed by atoms with E-state index in [0.717, 1.165) is 20.7 Å². The molecule has 33 heavy (non-hydrogen) atoms. The fourth-order valence-corrected chi connectivity index (χ4v) is 5.47. The lowest BCUT2D eigenvalue weighted by Crippen LogP contribution is -2.17. The molecule has 0 aliphatic rings. The van der Waals surface area contributed by atoms with Crippen LogP contribution in [0.25, 0.3) is 0 Å². The molecule has 8 nitrogen and oxygen atoms in total. The Bertz CT molecular complexity index is 1130. The Kier molecular flexibility index (Phi) is 8.93. The Morgan fingerprint density at radius 3 is 2.58 bits per heavy atom. The summed E-state index contributed by atoms with van der Waals surface area (Å²) in [5.74, 6) is 0.868. The molecule has 0 radical (unpaired) electrons. The third kappa shape index (κ3) is 6.15. The van der Waals surface area contributed by atoms with Crippen LogP contribution < -0.4 is 10.1 Å². The highest BCUT2D eigenvalue weighted by Gasteiger charge is 2.23. The summed E-state index contributed by atoms with van der Waals surface area (Å²) < 4.78 is 13.6. The maximum Gasteiger partial charge on any atom is 0.341 e. The van der Waals surface area contributed by atoms with Crippen molar-refractivity contribution in [2.75, 3.05) is 18.2 Å². The summed E-state index contributed by atoms with van der Waals surface area (Å²) in [6.45, 7) is 6.80. The standard InChI is InChI=1S/C22H25BrN4O4S2/c1-5-16-13(3)33-20(19(16)21(29)30-4)24-18(28)12-32-22-26-25-17(27(22)6-2)11-31-15-9-7-14(23)8-10-15/h7-10H,5-6,11-12H2,1-4H3,(H,24,28). The number of ether oxygens (including phenoxy) is 2. The van der Waals surface area contributed by atoms with E-state index in [1.807, 2.05) is 49.6 Å². The molecule has 2 aromatic heterocycles. The van der Waals surface area contributed by atoms with Gasteiger partial charge in [-0.05, 0) is 50.1 Å². The fraction of sp³-hybridized carbons (Fsp3) is 0.364. The minimum Gasteiger partial charge on any atom is -0.486 e. The molecule has 0 unspecified atom stereocenters. The van der Waals surface area contributed by atoms with Crippen molar-refractivity contribution < 1.29 is 19.1 Å². The number of aryl methyl sites for hydroxylation is 1. The van der Waals surface area contributed by atoms with E-state index in [1.54, 1.807) is 0 Å². The van der Waals surface area contributed by atoms with Gasteiger partial charge in [-0.1, -0.05) is 34.6 Å². The van der Waals surface area contributed by atoms with Gasteiger partial charge in [0.05, 0.1) is 18.4 Å². The van der Waals surface area contributed by atoms with Crippen LogP contribution in [0, 0.1) is 6.92 Å². The molecular weight excluding hydrogens is 528 g/mol. The molecule has 11 heteroatoms. The molecule has 3 rings (SSSR count). The van der Waals surface area contributed by atoms with Gasteiger partial charge in [-0.15, -0.1) is 21.5 Å². The lowest BCUT2D eigenvalue weighted by molar-refractivity contribution is -0.113. The SMILES string of the molecule is CCc1c(C)sc(NC(=O)CSc2nnc(COc3ccc(Br)cc3)n2CC)c1C(=O)OC. The van der Waals surface area contributed by atoms with Crippen molar-refractivity contribution in [1.82, 2.24) is 14.8 Å². The van der Waals surface area contributed by atoms with Gasteiger partial charge in [0.1, 0.15) is 17.4 Å². The first-order chi connectivity index (χ1) is 15.9. The van der Waals surface area contributed by atoms with Crippen molar-refractivity contribution >= 4 is 55.9 Å². The summed E-state index contributed by atoms with van der Waals surface area (Å²) in [6, 6.07) is 7.55. The number of anilines is 1. The summed E-state index contributed by atoms with van der Waals surface area (Å²) in [5.41, 5.74) is 1.33. The molecule has 1 amide bonds. The number of carbonyl (C=O) groups excluding carboxylic acids is 2. The predicted molar refractivity (Wildman–Crippen MR) is 133 cm³/mol. The Labute approximate surface area is 209 Å². The molecule has 1 N–H and O–H groups in total.